The Morgan fingerprint density at radius 2 is 2.09 bits per heavy atom. The van der Waals surface area contributed by atoms with E-state index in [1.54, 1.807) is 6.33 Å². The van der Waals surface area contributed by atoms with Crippen molar-refractivity contribution in [3.05, 3.63) is 78.7 Å². The molecule has 10 heteroatoms. The maximum atomic E-state index is 12.2. The Morgan fingerprint density at radius 3 is 2.86 bits per heavy atom. The van der Waals surface area contributed by atoms with E-state index in [2.05, 4.69) is 41.0 Å². The van der Waals surface area contributed by atoms with Gasteiger partial charge in [-0.3, -0.25) is 14.3 Å². The molecule has 35 heavy (non-hydrogen) atoms. The number of rotatable bonds is 5. The summed E-state index contributed by atoms with van der Waals surface area (Å²) in [6.45, 7) is 8.18. The van der Waals surface area contributed by atoms with Crippen molar-refractivity contribution in [2.45, 2.75) is 45.4 Å². The Balaban J connectivity index is 1.56. The van der Waals surface area contributed by atoms with Crippen molar-refractivity contribution in [1.29, 1.82) is 0 Å². The number of halogens is 1. The molecule has 0 amide bonds. The number of H-pyrrole nitrogens is 1. The van der Waals surface area contributed by atoms with Gasteiger partial charge in [0.05, 0.1) is 34.2 Å². The molecule has 4 heterocycles. The maximum absolute atomic E-state index is 12.2. The van der Waals surface area contributed by atoms with Crippen LogP contribution < -0.4 is 16.6 Å². The summed E-state index contributed by atoms with van der Waals surface area (Å²) in [6.07, 6.45) is 3.81. The molecule has 2 N–H and O–H groups in total. The van der Waals surface area contributed by atoms with Crippen LogP contribution >= 0.6 is 22.9 Å². The van der Waals surface area contributed by atoms with Gasteiger partial charge >= 0.3 is 5.69 Å². The number of aryl methyl sites for hydroxylation is 1. The highest BCUT2D eigenvalue weighted by Gasteiger charge is 2.29. The molecule has 4 aromatic rings. The summed E-state index contributed by atoms with van der Waals surface area (Å²) in [6, 6.07) is 7.22. The lowest BCUT2D eigenvalue weighted by Crippen LogP contribution is -2.51. The molecule has 8 nitrogen and oxygen atoms in total. The minimum atomic E-state index is -0.446. The maximum Gasteiger partial charge on any atom is 0.328 e. The van der Waals surface area contributed by atoms with Crippen LogP contribution in [0, 0.1) is 6.92 Å². The third-order valence-electron chi connectivity index (χ3n) is 6.12. The lowest BCUT2D eigenvalue weighted by Gasteiger charge is -2.37. The number of thiophene rings is 1. The predicted octanol–water partition coefficient (Wildman–Crippen LogP) is 3.53. The van der Waals surface area contributed by atoms with Gasteiger partial charge in [0.1, 0.15) is 6.33 Å². The van der Waals surface area contributed by atoms with E-state index in [0.29, 0.717) is 11.6 Å². The highest BCUT2D eigenvalue weighted by molar-refractivity contribution is 7.19. The average molecular weight is 512 g/mol. The molecule has 0 aliphatic carbocycles. The van der Waals surface area contributed by atoms with Crippen LogP contribution in [0.25, 0.3) is 21.5 Å². The monoisotopic (exact) mass is 511 g/mol. The van der Waals surface area contributed by atoms with Crippen molar-refractivity contribution in [2.24, 2.45) is 0 Å². The third kappa shape index (κ3) is 5.08. The van der Waals surface area contributed by atoms with Crippen molar-refractivity contribution in [2.75, 3.05) is 13.1 Å². The molecule has 1 atom stereocenters. The molecular formula is C25H26ClN5O3S. The van der Waals surface area contributed by atoms with Gasteiger partial charge in [-0.05, 0) is 50.1 Å². The molecule has 0 spiro atoms. The molecule has 1 saturated heterocycles. The highest BCUT2D eigenvalue weighted by Crippen LogP contribution is 2.37. The van der Waals surface area contributed by atoms with E-state index in [1.807, 2.05) is 18.2 Å². The van der Waals surface area contributed by atoms with E-state index in [1.165, 1.54) is 28.2 Å². The van der Waals surface area contributed by atoms with Gasteiger partial charge in [0, 0.05) is 47.2 Å². The largest absolute Gasteiger partial charge is 0.369 e. The molecular weight excluding hydrogens is 486 g/mol. The molecule has 182 valence electrons. The van der Waals surface area contributed by atoms with Gasteiger partial charge < -0.3 is 10.1 Å². The van der Waals surface area contributed by atoms with E-state index in [9.17, 15) is 9.59 Å². The topological polar surface area (TPSA) is 102 Å². The summed E-state index contributed by atoms with van der Waals surface area (Å²) >= 11 is 8.03. The first-order valence-corrected chi connectivity index (χ1v) is 12.6. The van der Waals surface area contributed by atoms with Crippen molar-refractivity contribution in [3.8, 4) is 11.3 Å². The summed E-state index contributed by atoms with van der Waals surface area (Å²) in [5.41, 5.74) is 3.71. The van der Waals surface area contributed by atoms with Crippen LogP contribution in [0.5, 0.6) is 0 Å². The Kier molecular flexibility index (Phi) is 6.35. The lowest BCUT2D eigenvalue weighted by molar-refractivity contribution is -0.0928. The second-order valence-corrected chi connectivity index (χ2v) is 11.0. The molecule has 0 bridgehead atoms. The molecule has 1 aromatic carbocycles. The van der Waals surface area contributed by atoms with Gasteiger partial charge in [0.15, 0.2) is 0 Å². The van der Waals surface area contributed by atoms with Gasteiger partial charge in [-0.25, -0.2) is 14.8 Å². The van der Waals surface area contributed by atoms with Crippen LogP contribution in [-0.4, -0.2) is 44.3 Å². The molecule has 0 saturated carbocycles. The van der Waals surface area contributed by atoms with E-state index < -0.39 is 11.2 Å². The Labute approximate surface area is 211 Å². The van der Waals surface area contributed by atoms with Gasteiger partial charge in [0.25, 0.3) is 5.56 Å². The number of hydrogen-bond donors (Lipinski definition) is 2. The summed E-state index contributed by atoms with van der Waals surface area (Å²) in [5.74, 6) is 0. The minimum absolute atomic E-state index is 0.0284. The predicted molar refractivity (Wildman–Crippen MR) is 139 cm³/mol. The van der Waals surface area contributed by atoms with Gasteiger partial charge in [-0.2, -0.15) is 0 Å². The zero-order valence-corrected chi connectivity index (χ0v) is 21.3. The number of aromatic nitrogens is 4. The molecule has 0 radical (unpaired) electrons. The van der Waals surface area contributed by atoms with E-state index in [0.717, 1.165) is 57.0 Å². The average Bonchev–Trinajstić information content (AvgIpc) is 3.19. The Morgan fingerprint density at radius 1 is 1.26 bits per heavy atom. The summed E-state index contributed by atoms with van der Waals surface area (Å²) < 4.78 is 8.73. The number of hydrogen-bond acceptors (Lipinski definition) is 7. The van der Waals surface area contributed by atoms with Gasteiger partial charge in [-0.15, -0.1) is 11.3 Å². The lowest BCUT2D eigenvalue weighted by atomic mass is 9.93. The van der Waals surface area contributed by atoms with Gasteiger partial charge in [0.2, 0.25) is 0 Å². The first-order valence-electron chi connectivity index (χ1n) is 11.4. The Bertz CT molecular complexity index is 1520. The number of fused-ring (bicyclic) bond motifs is 1. The molecule has 1 unspecified atom stereocenters. The van der Waals surface area contributed by atoms with Crippen LogP contribution in [0.15, 0.2) is 46.4 Å². The van der Waals surface area contributed by atoms with E-state index in [-0.39, 0.29) is 11.7 Å². The smallest absolute Gasteiger partial charge is 0.328 e. The molecule has 3 aromatic heterocycles. The SMILES string of the molecule is Cc1cc(Cl)cc(-c2ncnc3cc(Cn4ccc(=O)[nH]c4=O)sc23)c1CC1CNCC(C)(C)O1. The summed E-state index contributed by atoms with van der Waals surface area (Å²) in [4.78, 5) is 35.9. The normalized spacial score (nSPS) is 17.7. The van der Waals surface area contributed by atoms with E-state index >= 15 is 0 Å². The first kappa shape index (κ1) is 23.9. The van der Waals surface area contributed by atoms with Crippen LogP contribution in [0.3, 0.4) is 0 Å². The second kappa shape index (κ2) is 9.31. The first-order chi connectivity index (χ1) is 16.7. The number of benzene rings is 1. The van der Waals surface area contributed by atoms with Crippen molar-refractivity contribution < 1.29 is 4.74 Å². The summed E-state index contributed by atoms with van der Waals surface area (Å²) in [7, 11) is 0. The highest BCUT2D eigenvalue weighted by atomic mass is 35.5. The zero-order chi connectivity index (χ0) is 24.7. The van der Waals surface area contributed by atoms with Crippen molar-refractivity contribution in [1.82, 2.24) is 24.8 Å². The van der Waals surface area contributed by atoms with Crippen LogP contribution in [0.1, 0.15) is 29.9 Å². The number of nitrogens with one attached hydrogen (secondary N) is 2. The Hall–Kier alpha value is -2.85. The third-order valence-corrected chi connectivity index (χ3v) is 7.45. The fourth-order valence-electron chi connectivity index (χ4n) is 4.58. The molecule has 1 fully saturated rings. The number of morpholine rings is 1. The van der Waals surface area contributed by atoms with E-state index in [4.69, 9.17) is 16.3 Å². The number of ether oxygens (including phenoxy) is 1. The van der Waals surface area contributed by atoms with Crippen molar-refractivity contribution in [3.63, 3.8) is 0 Å². The fraction of sp³-hybridized carbons (Fsp3) is 0.360. The number of nitrogens with zero attached hydrogens (tertiary/aromatic N) is 3. The molecule has 1 aliphatic heterocycles. The van der Waals surface area contributed by atoms with Gasteiger partial charge in [-0.1, -0.05) is 11.6 Å². The standard InChI is InChI=1S/C25H26ClN5O3S/c1-14-6-15(26)7-19(18(14)8-16-10-27-12-25(2,3)34-16)22-23-20(28-13-29-22)9-17(35-23)11-31-5-4-21(32)30-24(31)33/h4-7,9,13,16,27H,8,10-12H2,1-3H3,(H,30,32,33). The molecule has 1 aliphatic rings. The van der Waals surface area contributed by atoms with Crippen molar-refractivity contribution >= 4 is 33.2 Å². The zero-order valence-electron chi connectivity index (χ0n) is 19.7. The second-order valence-electron chi connectivity index (χ2n) is 9.47. The minimum Gasteiger partial charge on any atom is -0.369 e. The van der Waals surface area contributed by atoms with Crippen LogP contribution in [0.2, 0.25) is 5.02 Å². The summed E-state index contributed by atoms with van der Waals surface area (Å²) in [5, 5.41) is 4.12. The van der Waals surface area contributed by atoms with Crippen LogP contribution in [0.4, 0.5) is 0 Å². The van der Waals surface area contributed by atoms with Crippen LogP contribution in [-0.2, 0) is 17.7 Å². The molecule has 5 rings (SSSR count). The quantitative estimate of drug-likeness (QED) is 0.425. The fourth-order valence-corrected chi connectivity index (χ4v) is 5.96. The number of aromatic amines is 1.